The Morgan fingerprint density at radius 2 is 2.22 bits per heavy atom. The van der Waals surface area contributed by atoms with Crippen LogP contribution in [0.2, 0.25) is 0 Å². The van der Waals surface area contributed by atoms with Gasteiger partial charge in [0.05, 0.1) is 12.3 Å². The Hall–Kier alpha value is -1.69. The summed E-state index contributed by atoms with van der Waals surface area (Å²) in [6.07, 6.45) is 0.944. The third-order valence-corrected chi connectivity index (χ3v) is 2.99. The zero-order chi connectivity index (χ0) is 13.0. The Balaban J connectivity index is 2.13. The van der Waals surface area contributed by atoms with Crippen LogP contribution in [0.5, 0.6) is 5.75 Å². The van der Waals surface area contributed by atoms with Crippen molar-refractivity contribution >= 4 is 17.4 Å². The van der Waals surface area contributed by atoms with Gasteiger partial charge in [-0.15, -0.1) is 10.2 Å². The normalized spacial score (nSPS) is 10.6. The average molecular weight is 265 g/mol. The van der Waals surface area contributed by atoms with Crippen molar-refractivity contribution in [3.8, 4) is 5.75 Å². The standard InChI is InChI=1S/C12H15N3O2S/c1-3-6-16-11-7-9(4-5-10(11)13)18-12-15-14-8(2)17-12/h4-5,7H,3,6,13H2,1-2H3. The van der Waals surface area contributed by atoms with Crippen molar-refractivity contribution in [2.24, 2.45) is 0 Å². The number of hydrogen-bond donors (Lipinski definition) is 1. The van der Waals surface area contributed by atoms with E-state index in [9.17, 15) is 0 Å². The van der Waals surface area contributed by atoms with Gasteiger partial charge in [0, 0.05) is 11.8 Å². The lowest BCUT2D eigenvalue weighted by molar-refractivity contribution is 0.318. The van der Waals surface area contributed by atoms with Crippen LogP contribution in [-0.2, 0) is 0 Å². The molecule has 2 rings (SSSR count). The van der Waals surface area contributed by atoms with Gasteiger partial charge >= 0.3 is 0 Å². The van der Waals surface area contributed by atoms with E-state index in [-0.39, 0.29) is 0 Å². The largest absolute Gasteiger partial charge is 0.491 e. The van der Waals surface area contributed by atoms with Crippen LogP contribution in [0.15, 0.2) is 32.7 Å². The van der Waals surface area contributed by atoms with Crippen LogP contribution in [-0.4, -0.2) is 16.8 Å². The maximum atomic E-state index is 5.84. The quantitative estimate of drug-likeness (QED) is 0.838. The third-order valence-electron chi connectivity index (χ3n) is 2.16. The number of aryl methyl sites for hydroxylation is 1. The lowest BCUT2D eigenvalue weighted by atomic mass is 10.3. The Kier molecular flexibility index (Phi) is 4.09. The first-order chi connectivity index (χ1) is 8.69. The van der Waals surface area contributed by atoms with Crippen LogP contribution in [0.25, 0.3) is 0 Å². The van der Waals surface area contributed by atoms with E-state index in [1.165, 1.54) is 11.8 Å². The van der Waals surface area contributed by atoms with Crippen molar-refractivity contribution in [1.29, 1.82) is 0 Å². The molecule has 0 amide bonds. The molecule has 0 aliphatic heterocycles. The minimum Gasteiger partial charge on any atom is -0.491 e. The molecule has 0 atom stereocenters. The Morgan fingerprint density at radius 1 is 1.39 bits per heavy atom. The molecule has 0 fully saturated rings. The highest BCUT2D eigenvalue weighted by Crippen LogP contribution is 2.32. The van der Waals surface area contributed by atoms with Gasteiger partial charge in [0.25, 0.3) is 5.22 Å². The minimum absolute atomic E-state index is 0.513. The van der Waals surface area contributed by atoms with Crippen molar-refractivity contribution in [1.82, 2.24) is 10.2 Å². The molecule has 1 aromatic heterocycles. The van der Waals surface area contributed by atoms with Crippen LogP contribution in [0.4, 0.5) is 5.69 Å². The molecular formula is C12H15N3O2S. The zero-order valence-electron chi connectivity index (χ0n) is 10.3. The van der Waals surface area contributed by atoms with Crippen LogP contribution in [0.1, 0.15) is 19.2 Å². The lowest BCUT2D eigenvalue weighted by Crippen LogP contribution is -1.98. The molecule has 5 nitrogen and oxygen atoms in total. The predicted octanol–water partition coefficient (Wildman–Crippen LogP) is 2.90. The number of anilines is 1. The molecule has 2 N–H and O–H groups in total. The summed E-state index contributed by atoms with van der Waals surface area (Å²) in [7, 11) is 0. The van der Waals surface area contributed by atoms with Crippen LogP contribution >= 0.6 is 11.8 Å². The molecule has 6 heteroatoms. The molecule has 0 radical (unpaired) electrons. The number of nitrogens with zero attached hydrogens (tertiary/aromatic N) is 2. The van der Waals surface area contributed by atoms with E-state index in [4.69, 9.17) is 14.9 Å². The fourth-order valence-electron chi connectivity index (χ4n) is 1.34. The SMILES string of the molecule is CCCOc1cc(Sc2nnc(C)o2)ccc1N. The summed E-state index contributed by atoms with van der Waals surface area (Å²) in [6, 6.07) is 5.60. The molecule has 1 aromatic carbocycles. The van der Waals surface area contributed by atoms with Gasteiger partial charge in [-0.1, -0.05) is 6.92 Å². The van der Waals surface area contributed by atoms with Crippen molar-refractivity contribution in [2.75, 3.05) is 12.3 Å². The summed E-state index contributed by atoms with van der Waals surface area (Å²) < 4.78 is 10.9. The molecule has 0 bridgehead atoms. The van der Waals surface area contributed by atoms with E-state index in [1.54, 1.807) is 6.92 Å². The number of ether oxygens (including phenoxy) is 1. The average Bonchev–Trinajstić information content (AvgIpc) is 2.75. The zero-order valence-corrected chi connectivity index (χ0v) is 11.2. The van der Waals surface area contributed by atoms with E-state index < -0.39 is 0 Å². The second-order valence-electron chi connectivity index (χ2n) is 3.74. The van der Waals surface area contributed by atoms with Crippen molar-refractivity contribution < 1.29 is 9.15 Å². The second-order valence-corrected chi connectivity index (χ2v) is 4.76. The van der Waals surface area contributed by atoms with Gasteiger partial charge in [-0.2, -0.15) is 0 Å². The lowest BCUT2D eigenvalue weighted by Gasteiger charge is -2.08. The molecule has 0 saturated heterocycles. The van der Waals surface area contributed by atoms with E-state index >= 15 is 0 Å². The first-order valence-corrected chi connectivity index (χ1v) is 6.51. The monoisotopic (exact) mass is 265 g/mol. The molecule has 1 heterocycles. The first-order valence-electron chi connectivity index (χ1n) is 5.69. The summed E-state index contributed by atoms with van der Waals surface area (Å²) in [4.78, 5) is 0.957. The summed E-state index contributed by atoms with van der Waals surface area (Å²) in [5.74, 6) is 1.24. The number of benzene rings is 1. The molecular weight excluding hydrogens is 250 g/mol. The van der Waals surface area contributed by atoms with Gasteiger partial charge < -0.3 is 14.9 Å². The molecule has 0 saturated carbocycles. The molecule has 0 spiro atoms. The highest BCUT2D eigenvalue weighted by Gasteiger charge is 2.08. The molecule has 2 aromatic rings. The maximum absolute atomic E-state index is 5.84. The number of nitrogen functional groups attached to an aromatic ring is 1. The fraction of sp³-hybridized carbons (Fsp3) is 0.333. The highest BCUT2D eigenvalue weighted by molar-refractivity contribution is 7.99. The number of nitrogens with two attached hydrogens (primary N) is 1. The van der Waals surface area contributed by atoms with Gasteiger partial charge in [-0.05, 0) is 36.4 Å². The predicted molar refractivity (Wildman–Crippen MR) is 69.8 cm³/mol. The van der Waals surface area contributed by atoms with Gasteiger partial charge in [0.15, 0.2) is 0 Å². The van der Waals surface area contributed by atoms with E-state index in [1.807, 2.05) is 18.2 Å². The first kappa shape index (κ1) is 12.8. The van der Waals surface area contributed by atoms with E-state index in [0.29, 0.717) is 29.2 Å². The van der Waals surface area contributed by atoms with E-state index in [0.717, 1.165) is 11.3 Å². The van der Waals surface area contributed by atoms with Crippen molar-refractivity contribution in [3.05, 3.63) is 24.1 Å². The third kappa shape index (κ3) is 3.16. The van der Waals surface area contributed by atoms with Gasteiger partial charge in [0.2, 0.25) is 5.89 Å². The fourth-order valence-corrected chi connectivity index (χ4v) is 2.08. The Morgan fingerprint density at radius 3 is 2.89 bits per heavy atom. The van der Waals surface area contributed by atoms with Gasteiger partial charge in [0.1, 0.15) is 5.75 Å². The highest BCUT2D eigenvalue weighted by atomic mass is 32.2. The molecule has 18 heavy (non-hydrogen) atoms. The van der Waals surface area contributed by atoms with Gasteiger partial charge in [-0.3, -0.25) is 0 Å². The number of rotatable bonds is 5. The minimum atomic E-state index is 0.513. The molecule has 0 aliphatic rings. The van der Waals surface area contributed by atoms with Gasteiger partial charge in [-0.25, -0.2) is 0 Å². The van der Waals surface area contributed by atoms with E-state index in [2.05, 4.69) is 17.1 Å². The smallest absolute Gasteiger partial charge is 0.281 e. The summed E-state index contributed by atoms with van der Waals surface area (Å²) in [5, 5.41) is 8.22. The Bertz CT molecular complexity index is 528. The summed E-state index contributed by atoms with van der Waals surface area (Å²) in [6.45, 7) is 4.46. The number of aromatic nitrogens is 2. The van der Waals surface area contributed by atoms with Crippen molar-refractivity contribution in [2.45, 2.75) is 30.4 Å². The summed E-state index contributed by atoms with van der Waals surface area (Å²) >= 11 is 1.39. The van der Waals surface area contributed by atoms with Crippen LogP contribution < -0.4 is 10.5 Å². The van der Waals surface area contributed by atoms with Crippen LogP contribution in [0, 0.1) is 6.92 Å². The Labute approximate surface area is 110 Å². The topological polar surface area (TPSA) is 74.2 Å². The molecule has 96 valence electrons. The molecule has 0 aliphatic carbocycles. The second kappa shape index (κ2) is 5.77. The molecule has 0 unspecified atom stereocenters. The number of hydrogen-bond acceptors (Lipinski definition) is 6. The van der Waals surface area contributed by atoms with Crippen LogP contribution in [0.3, 0.4) is 0 Å². The van der Waals surface area contributed by atoms with Crippen molar-refractivity contribution in [3.63, 3.8) is 0 Å². The summed E-state index contributed by atoms with van der Waals surface area (Å²) in [5.41, 5.74) is 6.48. The maximum Gasteiger partial charge on any atom is 0.281 e.